The Bertz CT molecular complexity index is 138. The van der Waals surface area contributed by atoms with Gasteiger partial charge in [0.05, 0.1) is 0 Å². The minimum atomic E-state index is -0.241. The Morgan fingerprint density at radius 2 is 1.80 bits per heavy atom. The fourth-order valence-electron chi connectivity index (χ4n) is 0.634. The standard InChI is InChI=1S/C8H14O2/c1-4-6(3)8(10)7(9)5-2/h6H,4-5H2,1-3H3/t6-/m0/s1. The monoisotopic (exact) mass is 142 g/mol. The van der Waals surface area contributed by atoms with Crippen molar-refractivity contribution in [3.05, 3.63) is 0 Å². The zero-order chi connectivity index (χ0) is 8.15. The first kappa shape index (κ1) is 9.34. The Kier molecular flexibility index (Phi) is 3.93. The Hall–Kier alpha value is -0.660. The molecule has 2 nitrogen and oxygen atoms in total. The maximum Gasteiger partial charge on any atom is 0.201 e. The maximum absolute atomic E-state index is 11.0. The van der Waals surface area contributed by atoms with Gasteiger partial charge in [0.2, 0.25) is 5.78 Å². The van der Waals surface area contributed by atoms with Gasteiger partial charge >= 0.3 is 0 Å². The molecule has 0 fully saturated rings. The van der Waals surface area contributed by atoms with Gasteiger partial charge in [0, 0.05) is 12.3 Å². The molecule has 2 heteroatoms. The Balaban J connectivity index is 3.95. The first-order valence-corrected chi connectivity index (χ1v) is 3.70. The summed E-state index contributed by atoms with van der Waals surface area (Å²) < 4.78 is 0. The van der Waals surface area contributed by atoms with Crippen LogP contribution in [0.2, 0.25) is 0 Å². The lowest BCUT2D eigenvalue weighted by Gasteiger charge is -2.03. The second-order valence-corrected chi connectivity index (χ2v) is 2.45. The van der Waals surface area contributed by atoms with E-state index in [1.807, 2.05) is 6.92 Å². The molecule has 0 N–H and O–H groups in total. The van der Waals surface area contributed by atoms with Crippen molar-refractivity contribution in [3.63, 3.8) is 0 Å². The van der Waals surface area contributed by atoms with E-state index in [1.165, 1.54) is 0 Å². The number of Topliss-reactive ketones (excluding diaryl/α,β-unsaturated/α-hetero) is 2. The van der Waals surface area contributed by atoms with Gasteiger partial charge in [-0.25, -0.2) is 0 Å². The van der Waals surface area contributed by atoms with Crippen molar-refractivity contribution in [1.29, 1.82) is 0 Å². The van der Waals surface area contributed by atoms with E-state index in [4.69, 9.17) is 0 Å². The molecule has 0 saturated carbocycles. The van der Waals surface area contributed by atoms with Crippen molar-refractivity contribution in [2.45, 2.75) is 33.6 Å². The van der Waals surface area contributed by atoms with Crippen molar-refractivity contribution < 1.29 is 9.59 Å². The van der Waals surface area contributed by atoms with E-state index in [0.29, 0.717) is 6.42 Å². The van der Waals surface area contributed by atoms with Crippen LogP contribution in [-0.2, 0) is 9.59 Å². The number of ketones is 2. The SMILES string of the molecule is CCC(=O)C(=O)[C@@H](C)CC. The van der Waals surface area contributed by atoms with Crippen LogP contribution >= 0.6 is 0 Å². The zero-order valence-electron chi connectivity index (χ0n) is 6.81. The Labute approximate surface area is 61.6 Å². The van der Waals surface area contributed by atoms with Gasteiger partial charge in [-0.05, 0) is 6.42 Å². The molecule has 0 aromatic heterocycles. The lowest BCUT2D eigenvalue weighted by Crippen LogP contribution is -2.19. The number of rotatable bonds is 4. The van der Waals surface area contributed by atoms with Crippen LogP contribution in [0.4, 0.5) is 0 Å². The quantitative estimate of drug-likeness (QED) is 0.558. The summed E-state index contributed by atoms with van der Waals surface area (Å²) in [6.45, 7) is 5.41. The van der Waals surface area contributed by atoms with Crippen molar-refractivity contribution in [2.75, 3.05) is 0 Å². The molecular formula is C8H14O2. The smallest absolute Gasteiger partial charge is 0.201 e. The highest BCUT2D eigenvalue weighted by molar-refractivity contribution is 6.37. The van der Waals surface area contributed by atoms with Gasteiger partial charge in [0.25, 0.3) is 0 Å². The van der Waals surface area contributed by atoms with Gasteiger partial charge in [-0.1, -0.05) is 20.8 Å². The molecular weight excluding hydrogens is 128 g/mol. The summed E-state index contributed by atoms with van der Waals surface area (Å²) in [5.74, 6) is -0.549. The number of hydrogen-bond acceptors (Lipinski definition) is 2. The van der Waals surface area contributed by atoms with Gasteiger partial charge in [0.1, 0.15) is 0 Å². The van der Waals surface area contributed by atoms with Crippen LogP contribution in [0.1, 0.15) is 33.6 Å². The topological polar surface area (TPSA) is 34.1 Å². The van der Waals surface area contributed by atoms with E-state index in [0.717, 1.165) is 6.42 Å². The molecule has 0 aromatic carbocycles. The third-order valence-electron chi connectivity index (χ3n) is 1.66. The van der Waals surface area contributed by atoms with E-state index < -0.39 is 0 Å². The van der Waals surface area contributed by atoms with Crippen LogP contribution in [0.15, 0.2) is 0 Å². The average molecular weight is 142 g/mol. The van der Waals surface area contributed by atoms with Crippen LogP contribution in [0, 0.1) is 5.92 Å². The van der Waals surface area contributed by atoms with Crippen LogP contribution in [0.25, 0.3) is 0 Å². The Morgan fingerprint density at radius 3 is 2.10 bits per heavy atom. The summed E-state index contributed by atoms with van der Waals surface area (Å²) in [7, 11) is 0. The molecule has 0 aliphatic carbocycles. The summed E-state index contributed by atoms with van der Waals surface area (Å²) in [5.41, 5.74) is 0. The lowest BCUT2D eigenvalue weighted by atomic mass is 9.99. The molecule has 0 rings (SSSR count). The normalized spacial score (nSPS) is 12.7. The molecule has 0 saturated heterocycles. The zero-order valence-corrected chi connectivity index (χ0v) is 6.81. The van der Waals surface area contributed by atoms with E-state index in [2.05, 4.69) is 0 Å². The molecule has 1 atom stereocenters. The van der Waals surface area contributed by atoms with Gasteiger partial charge < -0.3 is 0 Å². The van der Waals surface area contributed by atoms with Crippen LogP contribution < -0.4 is 0 Å². The molecule has 0 aliphatic heterocycles. The summed E-state index contributed by atoms with van der Waals surface area (Å²) in [4.78, 5) is 21.7. The minimum Gasteiger partial charge on any atom is -0.291 e. The van der Waals surface area contributed by atoms with Crippen molar-refractivity contribution in [3.8, 4) is 0 Å². The van der Waals surface area contributed by atoms with Crippen molar-refractivity contribution in [1.82, 2.24) is 0 Å². The highest BCUT2D eigenvalue weighted by atomic mass is 16.2. The third-order valence-corrected chi connectivity index (χ3v) is 1.66. The van der Waals surface area contributed by atoms with Crippen molar-refractivity contribution >= 4 is 11.6 Å². The number of hydrogen-bond donors (Lipinski definition) is 0. The van der Waals surface area contributed by atoms with Gasteiger partial charge in [-0.15, -0.1) is 0 Å². The molecule has 0 unspecified atom stereocenters. The summed E-state index contributed by atoms with van der Waals surface area (Å²) in [5, 5.41) is 0. The minimum absolute atomic E-state index is 0.0903. The highest BCUT2D eigenvalue weighted by Crippen LogP contribution is 2.03. The van der Waals surface area contributed by atoms with Crippen LogP contribution in [0.3, 0.4) is 0 Å². The summed E-state index contributed by atoms with van der Waals surface area (Å²) >= 11 is 0. The van der Waals surface area contributed by atoms with Gasteiger partial charge in [0.15, 0.2) is 5.78 Å². The van der Waals surface area contributed by atoms with E-state index in [9.17, 15) is 9.59 Å². The predicted octanol–water partition coefficient (Wildman–Crippen LogP) is 1.58. The second-order valence-electron chi connectivity index (χ2n) is 2.45. The molecule has 0 amide bonds. The molecule has 58 valence electrons. The van der Waals surface area contributed by atoms with E-state index >= 15 is 0 Å². The van der Waals surface area contributed by atoms with Gasteiger partial charge in [-0.2, -0.15) is 0 Å². The molecule has 0 spiro atoms. The third kappa shape index (κ3) is 2.29. The first-order chi connectivity index (χ1) is 4.63. The highest BCUT2D eigenvalue weighted by Gasteiger charge is 2.16. The summed E-state index contributed by atoms with van der Waals surface area (Å²) in [6.07, 6.45) is 1.09. The molecule has 0 bridgehead atoms. The fourth-order valence-corrected chi connectivity index (χ4v) is 0.634. The van der Waals surface area contributed by atoms with E-state index in [-0.39, 0.29) is 17.5 Å². The first-order valence-electron chi connectivity index (χ1n) is 3.70. The molecule has 0 radical (unpaired) electrons. The molecule has 10 heavy (non-hydrogen) atoms. The Morgan fingerprint density at radius 1 is 1.30 bits per heavy atom. The maximum atomic E-state index is 11.0. The van der Waals surface area contributed by atoms with E-state index in [1.54, 1.807) is 13.8 Å². The average Bonchev–Trinajstić information content (AvgIpc) is 2.00. The largest absolute Gasteiger partial charge is 0.291 e. The lowest BCUT2D eigenvalue weighted by molar-refractivity contribution is -0.138. The molecule has 0 aromatic rings. The molecule has 0 aliphatic rings. The second kappa shape index (κ2) is 4.20. The number of carbonyl (C=O) groups is 2. The van der Waals surface area contributed by atoms with Crippen molar-refractivity contribution in [2.24, 2.45) is 5.92 Å². The molecule has 0 heterocycles. The van der Waals surface area contributed by atoms with Gasteiger partial charge in [-0.3, -0.25) is 9.59 Å². The van der Waals surface area contributed by atoms with Crippen LogP contribution in [0.5, 0.6) is 0 Å². The summed E-state index contributed by atoms with van der Waals surface area (Å²) in [6, 6.07) is 0. The predicted molar refractivity (Wildman–Crippen MR) is 39.8 cm³/mol. The number of carbonyl (C=O) groups excluding carboxylic acids is 2. The fraction of sp³-hybridized carbons (Fsp3) is 0.750. The van der Waals surface area contributed by atoms with Crippen LogP contribution in [-0.4, -0.2) is 11.6 Å².